The topological polar surface area (TPSA) is 70.8 Å². The first kappa shape index (κ1) is 32.7. The number of benzene rings is 3. The number of nitrogens with one attached hydrogen (secondary N) is 1. The Balaban J connectivity index is 1.47. The van der Waals surface area contributed by atoms with Gasteiger partial charge in [0, 0.05) is 29.4 Å². The fourth-order valence-corrected chi connectivity index (χ4v) is 6.46. The Hall–Kier alpha value is -4.64. The number of ketones is 1. The van der Waals surface area contributed by atoms with Gasteiger partial charge in [-0.3, -0.25) is 9.59 Å². The van der Waals surface area contributed by atoms with Gasteiger partial charge in [-0.1, -0.05) is 94.4 Å². The molecule has 0 aliphatic heterocycles. The van der Waals surface area contributed by atoms with Crippen molar-refractivity contribution in [3.05, 3.63) is 142 Å². The van der Waals surface area contributed by atoms with Gasteiger partial charge in [0.1, 0.15) is 0 Å². The van der Waals surface area contributed by atoms with Crippen LogP contribution in [-0.4, -0.2) is 21.3 Å². The summed E-state index contributed by atoms with van der Waals surface area (Å²) in [6.07, 6.45) is 5.23. The van der Waals surface area contributed by atoms with Crippen LogP contribution < -0.4 is 5.32 Å². The first-order valence-corrected chi connectivity index (χ1v) is 16.5. The van der Waals surface area contributed by atoms with Crippen LogP contribution in [0.3, 0.4) is 0 Å². The van der Waals surface area contributed by atoms with E-state index >= 15 is 0 Å². The van der Waals surface area contributed by atoms with Crippen LogP contribution in [0.2, 0.25) is 0 Å². The number of aliphatic carboxylic acids is 1. The Labute approximate surface area is 273 Å². The number of aromatic nitrogens is 1. The molecular formula is C41H46N2O3. The standard InChI is InChI=1S/C41H46N2O3/c1-27(2)24-30-15-19-32(20-16-30)39(33-21-17-31(18-22-33)25-28(3)4)42-35-11-8-10-34(26-35)41(46)40-29(5)36(12-9-14-38(44)45)37-13-6-7-23-43(37)40/h6-8,10-11,13,15-23,26-28,39,42H,9,12,14,24-25H2,1-5H3,(H,44,45). The van der Waals surface area contributed by atoms with E-state index in [0.29, 0.717) is 35.9 Å². The molecule has 2 heterocycles. The molecule has 0 amide bonds. The molecule has 0 fully saturated rings. The minimum atomic E-state index is -0.807. The molecule has 0 radical (unpaired) electrons. The first-order chi connectivity index (χ1) is 22.1. The molecule has 2 N–H and O–H groups in total. The fraction of sp³-hybridized carbons (Fsp3) is 0.317. The number of fused-ring (bicyclic) bond motifs is 1. The van der Waals surface area contributed by atoms with E-state index < -0.39 is 5.97 Å². The summed E-state index contributed by atoms with van der Waals surface area (Å²) in [5.41, 5.74) is 9.97. The average Bonchev–Trinajstić information content (AvgIpc) is 3.30. The zero-order valence-corrected chi connectivity index (χ0v) is 27.7. The highest BCUT2D eigenvalue weighted by Gasteiger charge is 2.22. The molecule has 0 saturated carbocycles. The summed E-state index contributed by atoms with van der Waals surface area (Å²) >= 11 is 0. The van der Waals surface area contributed by atoms with Crippen LogP contribution in [0.25, 0.3) is 5.52 Å². The van der Waals surface area contributed by atoms with Crippen LogP contribution in [0.4, 0.5) is 5.69 Å². The Bertz CT molecular complexity index is 1740. The number of anilines is 1. The monoisotopic (exact) mass is 614 g/mol. The third-order valence-corrected chi connectivity index (χ3v) is 8.60. The van der Waals surface area contributed by atoms with Crippen molar-refractivity contribution in [1.82, 2.24) is 4.40 Å². The maximum atomic E-state index is 14.2. The maximum Gasteiger partial charge on any atom is 0.303 e. The second-order valence-electron chi connectivity index (χ2n) is 13.3. The molecule has 0 aliphatic rings. The van der Waals surface area contributed by atoms with E-state index in [0.717, 1.165) is 35.2 Å². The van der Waals surface area contributed by atoms with Crippen LogP contribution in [0.5, 0.6) is 0 Å². The van der Waals surface area contributed by atoms with Crippen molar-refractivity contribution in [2.75, 3.05) is 5.32 Å². The molecular weight excluding hydrogens is 568 g/mol. The van der Waals surface area contributed by atoms with Gasteiger partial charge < -0.3 is 14.8 Å². The van der Waals surface area contributed by atoms with E-state index in [4.69, 9.17) is 0 Å². The van der Waals surface area contributed by atoms with Crippen LogP contribution in [-0.2, 0) is 24.1 Å². The Morgan fingerprint density at radius 2 is 1.39 bits per heavy atom. The molecule has 46 heavy (non-hydrogen) atoms. The summed E-state index contributed by atoms with van der Waals surface area (Å²) in [5.74, 6) is 0.323. The van der Waals surface area contributed by atoms with Crippen molar-refractivity contribution in [1.29, 1.82) is 0 Å². The van der Waals surface area contributed by atoms with Crippen molar-refractivity contribution in [2.24, 2.45) is 11.8 Å². The van der Waals surface area contributed by atoms with Gasteiger partial charge >= 0.3 is 5.97 Å². The lowest BCUT2D eigenvalue weighted by Crippen LogP contribution is -2.14. The maximum absolute atomic E-state index is 14.2. The number of hydrogen-bond donors (Lipinski definition) is 2. The minimum Gasteiger partial charge on any atom is -0.481 e. The summed E-state index contributed by atoms with van der Waals surface area (Å²) in [6, 6.07) is 31.3. The number of carbonyl (C=O) groups excluding carboxylic acids is 1. The van der Waals surface area contributed by atoms with E-state index in [2.05, 4.69) is 81.5 Å². The van der Waals surface area contributed by atoms with Gasteiger partial charge in [0.15, 0.2) is 0 Å². The summed E-state index contributed by atoms with van der Waals surface area (Å²) in [7, 11) is 0. The summed E-state index contributed by atoms with van der Waals surface area (Å²) in [6.45, 7) is 10.9. The van der Waals surface area contributed by atoms with E-state index in [1.165, 1.54) is 22.3 Å². The molecule has 0 saturated heterocycles. The molecule has 0 spiro atoms. The molecule has 238 valence electrons. The SMILES string of the molecule is Cc1c(CCCC(=O)O)c2ccccn2c1C(=O)c1cccc(NC(c2ccc(CC(C)C)cc2)c2ccc(CC(C)C)cc2)c1. The van der Waals surface area contributed by atoms with E-state index in [1.54, 1.807) is 0 Å². The quantitative estimate of drug-likeness (QED) is 0.122. The van der Waals surface area contributed by atoms with Crippen LogP contribution in [0.1, 0.15) is 96.0 Å². The lowest BCUT2D eigenvalue weighted by Gasteiger charge is -2.22. The van der Waals surface area contributed by atoms with Gasteiger partial charge in [-0.2, -0.15) is 0 Å². The lowest BCUT2D eigenvalue weighted by atomic mass is 9.93. The van der Waals surface area contributed by atoms with Crippen LogP contribution in [0.15, 0.2) is 97.2 Å². The minimum absolute atomic E-state index is 0.0561. The fourth-order valence-electron chi connectivity index (χ4n) is 6.46. The number of aryl methyl sites for hydroxylation is 1. The van der Waals surface area contributed by atoms with Gasteiger partial charge in [-0.25, -0.2) is 0 Å². The lowest BCUT2D eigenvalue weighted by molar-refractivity contribution is -0.137. The highest BCUT2D eigenvalue weighted by molar-refractivity contribution is 6.10. The molecule has 0 unspecified atom stereocenters. The third kappa shape index (κ3) is 7.77. The number of carboxylic acids is 1. The molecule has 5 aromatic rings. The largest absolute Gasteiger partial charge is 0.481 e. The Kier molecular flexibility index (Phi) is 10.4. The number of carboxylic acid groups (broad SMARTS) is 1. The molecule has 5 nitrogen and oxygen atoms in total. The van der Waals surface area contributed by atoms with Crippen molar-refractivity contribution >= 4 is 23.0 Å². The Morgan fingerprint density at radius 1 is 0.783 bits per heavy atom. The number of rotatable bonds is 14. The second kappa shape index (κ2) is 14.6. The van der Waals surface area contributed by atoms with Crippen molar-refractivity contribution in [2.45, 2.75) is 72.8 Å². The Morgan fingerprint density at radius 3 is 1.96 bits per heavy atom. The van der Waals surface area contributed by atoms with Gasteiger partial charge in [-0.15, -0.1) is 0 Å². The van der Waals surface area contributed by atoms with Crippen LogP contribution in [0, 0.1) is 18.8 Å². The summed E-state index contributed by atoms with van der Waals surface area (Å²) in [4.78, 5) is 25.3. The van der Waals surface area contributed by atoms with Crippen LogP contribution >= 0.6 is 0 Å². The molecule has 0 aliphatic carbocycles. The molecule has 0 atom stereocenters. The molecule has 5 rings (SSSR count). The predicted molar refractivity (Wildman–Crippen MR) is 188 cm³/mol. The average molecular weight is 615 g/mol. The van der Waals surface area contributed by atoms with Crippen molar-refractivity contribution in [3.8, 4) is 0 Å². The highest BCUT2D eigenvalue weighted by Crippen LogP contribution is 2.31. The molecule has 5 heteroatoms. The number of hydrogen-bond acceptors (Lipinski definition) is 3. The van der Waals surface area contributed by atoms with Gasteiger partial charge in [0.05, 0.1) is 11.7 Å². The number of carbonyl (C=O) groups is 2. The van der Waals surface area contributed by atoms with Crippen molar-refractivity contribution < 1.29 is 14.7 Å². The molecule has 3 aromatic carbocycles. The molecule has 2 aromatic heterocycles. The zero-order valence-electron chi connectivity index (χ0n) is 27.7. The first-order valence-electron chi connectivity index (χ1n) is 16.5. The second-order valence-corrected chi connectivity index (χ2v) is 13.3. The van der Waals surface area contributed by atoms with Crippen molar-refractivity contribution in [3.63, 3.8) is 0 Å². The highest BCUT2D eigenvalue weighted by atomic mass is 16.4. The smallest absolute Gasteiger partial charge is 0.303 e. The summed E-state index contributed by atoms with van der Waals surface area (Å²) < 4.78 is 1.95. The summed E-state index contributed by atoms with van der Waals surface area (Å²) in [5, 5.41) is 12.9. The predicted octanol–water partition coefficient (Wildman–Crippen LogP) is 9.48. The number of pyridine rings is 1. The van der Waals surface area contributed by atoms with E-state index in [9.17, 15) is 14.7 Å². The van der Waals surface area contributed by atoms with Gasteiger partial charge in [-0.05, 0) is 102 Å². The third-order valence-electron chi connectivity index (χ3n) is 8.60. The normalized spacial score (nSPS) is 11.6. The van der Waals surface area contributed by atoms with Gasteiger partial charge in [0.2, 0.25) is 5.78 Å². The van der Waals surface area contributed by atoms with E-state index in [-0.39, 0.29) is 18.2 Å². The van der Waals surface area contributed by atoms with Gasteiger partial charge in [0.25, 0.3) is 0 Å². The van der Waals surface area contributed by atoms with E-state index in [1.807, 2.05) is 60.0 Å². The number of nitrogens with zero attached hydrogens (tertiary/aromatic N) is 1. The molecule has 0 bridgehead atoms. The zero-order chi connectivity index (χ0) is 32.8.